The van der Waals surface area contributed by atoms with Crippen molar-refractivity contribution in [2.45, 2.75) is 19.2 Å². The van der Waals surface area contributed by atoms with Crippen LogP contribution in [0.25, 0.3) is 11.0 Å². The van der Waals surface area contributed by atoms with Gasteiger partial charge >= 0.3 is 0 Å². The van der Waals surface area contributed by atoms with Crippen LogP contribution in [0.15, 0.2) is 73.1 Å². The summed E-state index contributed by atoms with van der Waals surface area (Å²) in [5.74, 6) is 0. The lowest BCUT2D eigenvalue weighted by molar-refractivity contribution is 0.0912. The van der Waals surface area contributed by atoms with Crippen molar-refractivity contribution in [3.63, 3.8) is 0 Å². The van der Waals surface area contributed by atoms with Gasteiger partial charge in [0.2, 0.25) is 0 Å². The van der Waals surface area contributed by atoms with Gasteiger partial charge in [-0.25, -0.2) is 4.68 Å². The molecule has 2 heterocycles. The molecule has 2 aromatic heterocycles. The van der Waals surface area contributed by atoms with Crippen molar-refractivity contribution in [1.29, 1.82) is 0 Å². The van der Waals surface area contributed by atoms with Gasteiger partial charge in [-0.1, -0.05) is 47.2 Å². The SMILES string of the molecule is Cc1ccc(C(O)C(n2cccc2)n2nnc3ccccc32)cc1. The van der Waals surface area contributed by atoms with Gasteiger partial charge in [-0.05, 0) is 36.8 Å². The first-order valence-corrected chi connectivity index (χ1v) is 7.91. The van der Waals surface area contributed by atoms with Crippen molar-refractivity contribution in [2.24, 2.45) is 0 Å². The van der Waals surface area contributed by atoms with Crippen LogP contribution in [0.4, 0.5) is 0 Å². The van der Waals surface area contributed by atoms with E-state index in [2.05, 4.69) is 10.3 Å². The summed E-state index contributed by atoms with van der Waals surface area (Å²) in [5, 5.41) is 19.6. The molecule has 0 bridgehead atoms. The molecule has 0 radical (unpaired) electrons. The molecule has 4 aromatic rings. The molecular formula is C19H18N4O. The lowest BCUT2D eigenvalue weighted by atomic mass is 10.0. The number of aliphatic hydroxyl groups excluding tert-OH is 1. The van der Waals surface area contributed by atoms with Crippen LogP contribution < -0.4 is 0 Å². The van der Waals surface area contributed by atoms with Crippen molar-refractivity contribution in [2.75, 3.05) is 0 Å². The van der Waals surface area contributed by atoms with Crippen LogP contribution in [0.3, 0.4) is 0 Å². The summed E-state index contributed by atoms with van der Waals surface area (Å²) in [7, 11) is 0. The zero-order valence-corrected chi connectivity index (χ0v) is 13.3. The predicted octanol–water partition coefficient (Wildman–Crippen LogP) is 3.32. The van der Waals surface area contributed by atoms with Gasteiger partial charge in [0.1, 0.15) is 11.6 Å². The zero-order chi connectivity index (χ0) is 16.5. The van der Waals surface area contributed by atoms with E-state index in [-0.39, 0.29) is 0 Å². The Balaban J connectivity index is 1.84. The number of hydrogen-bond acceptors (Lipinski definition) is 3. The van der Waals surface area contributed by atoms with Crippen LogP contribution in [0.1, 0.15) is 23.4 Å². The molecular weight excluding hydrogens is 300 g/mol. The zero-order valence-electron chi connectivity index (χ0n) is 13.3. The van der Waals surface area contributed by atoms with Gasteiger partial charge in [-0.15, -0.1) is 5.10 Å². The van der Waals surface area contributed by atoms with Gasteiger partial charge in [0, 0.05) is 12.4 Å². The van der Waals surface area contributed by atoms with Crippen molar-refractivity contribution < 1.29 is 5.11 Å². The highest BCUT2D eigenvalue weighted by atomic mass is 16.3. The van der Waals surface area contributed by atoms with Crippen LogP contribution in [-0.4, -0.2) is 24.7 Å². The number of nitrogens with zero attached hydrogens (tertiary/aromatic N) is 4. The van der Waals surface area contributed by atoms with Gasteiger partial charge < -0.3 is 9.67 Å². The maximum atomic E-state index is 11.1. The third kappa shape index (κ3) is 2.49. The summed E-state index contributed by atoms with van der Waals surface area (Å²) in [5.41, 5.74) is 3.71. The molecule has 0 amide bonds. The third-order valence-corrected chi connectivity index (χ3v) is 4.26. The van der Waals surface area contributed by atoms with Crippen LogP contribution in [-0.2, 0) is 0 Å². The second kappa shape index (κ2) is 5.94. The molecule has 1 N–H and O–H groups in total. The van der Waals surface area contributed by atoms with E-state index in [1.54, 1.807) is 4.68 Å². The summed E-state index contributed by atoms with van der Waals surface area (Å²) in [6, 6.07) is 19.6. The van der Waals surface area contributed by atoms with Gasteiger partial charge in [0.15, 0.2) is 6.17 Å². The minimum absolute atomic E-state index is 0.407. The maximum Gasteiger partial charge on any atom is 0.159 e. The van der Waals surface area contributed by atoms with Crippen LogP contribution in [0.5, 0.6) is 0 Å². The molecule has 0 saturated heterocycles. The number of para-hydroxylation sites is 1. The minimum Gasteiger partial charge on any atom is -0.384 e. The van der Waals surface area contributed by atoms with Gasteiger partial charge in [0.05, 0.1) is 5.52 Å². The summed E-state index contributed by atoms with van der Waals surface area (Å²) in [4.78, 5) is 0. The predicted molar refractivity (Wildman–Crippen MR) is 92.5 cm³/mol. The topological polar surface area (TPSA) is 55.9 Å². The number of rotatable bonds is 4. The molecule has 5 nitrogen and oxygen atoms in total. The van der Waals surface area contributed by atoms with E-state index in [0.717, 1.165) is 22.2 Å². The van der Waals surface area contributed by atoms with E-state index < -0.39 is 12.3 Å². The standard InChI is InChI=1S/C19H18N4O/c1-14-8-10-15(11-9-14)18(24)19(22-12-4-5-13-22)23-17-7-3-2-6-16(17)20-21-23/h2-13,18-19,24H,1H3. The second-order valence-corrected chi connectivity index (χ2v) is 5.92. The van der Waals surface area contributed by atoms with Crippen molar-refractivity contribution >= 4 is 11.0 Å². The normalized spacial score (nSPS) is 13.9. The highest BCUT2D eigenvalue weighted by Crippen LogP contribution is 2.30. The Kier molecular flexibility index (Phi) is 3.63. The number of benzene rings is 2. The lowest BCUT2D eigenvalue weighted by Gasteiger charge is -2.25. The van der Waals surface area contributed by atoms with Crippen LogP contribution in [0, 0.1) is 6.92 Å². The number of aryl methyl sites for hydroxylation is 1. The monoisotopic (exact) mass is 318 g/mol. The van der Waals surface area contributed by atoms with Crippen molar-refractivity contribution in [3.8, 4) is 0 Å². The number of aliphatic hydroxyl groups is 1. The van der Waals surface area contributed by atoms with Gasteiger partial charge in [-0.2, -0.15) is 0 Å². The molecule has 2 unspecified atom stereocenters. The van der Waals surface area contributed by atoms with E-state index >= 15 is 0 Å². The molecule has 0 fully saturated rings. The van der Waals surface area contributed by atoms with Gasteiger partial charge in [0.25, 0.3) is 0 Å². The second-order valence-electron chi connectivity index (χ2n) is 5.92. The number of fused-ring (bicyclic) bond motifs is 1. The Bertz CT molecular complexity index is 941. The first kappa shape index (κ1) is 14.7. The fourth-order valence-corrected chi connectivity index (χ4v) is 2.97. The Morgan fingerprint density at radius 1 is 0.917 bits per heavy atom. The molecule has 0 aliphatic heterocycles. The molecule has 2 atom stereocenters. The fraction of sp³-hybridized carbons (Fsp3) is 0.158. The van der Waals surface area contributed by atoms with E-state index in [4.69, 9.17) is 0 Å². The molecule has 0 saturated carbocycles. The van der Waals surface area contributed by atoms with E-state index in [1.807, 2.05) is 84.5 Å². The van der Waals surface area contributed by atoms with Crippen LogP contribution in [0.2, 0.25) is 0 Å². The lowest BCUT2D eigenvalue weighted by Crippen LogP contribution is -2.25. The van der Waals surface area contributed by atoms with E-state index in [0.29, 0.717) is 0 Å². The molecule has 24 heavy (non-hydrogen) atoms. The average molecular weight is 318 g/mol. The summed E-state index contributed by atoms with van der Waals surface area (Å²) < 4.78 is 3.73. The highest BCUT2D eigenvalue weighted by molar-refractivity contribution is 5.74. The average Bonchev–Trinajstić information content (AvgIpc) is 3.27. The first-order chi connectivity index (χ1) is 11.7. The van der Waals surface area contributed by atoms with E-state index in [9.17, 15) is 5.11 Å². The Morgan fingerprint density at radius 3 is 2.38 bits per heavy atom. The Hall–Kier alpha value is -2.92. The summed E-state index contributed by atoms with van der Waals surface area (Å²) in [6.07, 6.45) is 2.70. The minimum atomic E-state index is -0.747. The summed E-state index contributed by atoms with van der Waals surface area (Å²) in [6.45, 7) is 2.03. The van der Waals surface area contributed by atoms with Crippen molar-refractivity contribution in [1.82, 2.24) is 19.6 Å². The largest absolute Gasteiger partial charge is 0.384 e. The third-order valence-electron chi connectivity index (χ3n) is 4.26. The Morgan fingerprint density at radius 2 is 1.62 bits per heavy atom. The molecule has 5 heteroatoms. The molecule has 4 rings (SSSR count). The highest BCUT2D eigenvalue weighted by Gasteiger charge is 2.26. The molecule has 0 aliphatic rings. The molecule has 120 valence electrons. The smallest absolute Gasteiger partial charge is 0.159 e. The van der Waals surface area contributed by atoms with Gasteiger partial charge in [-0.3, -0.25) is 0 Å². The van der Waals surface area contributed by atoms with Crippen LogP contribution >= 0.6 is 0 Å². The molecule has 0 aliphatic carbocycles. The quantitative estimate of drug-likeness (QED) is 0.628. The fourth-order valence-electron chi connectivity index (χ4n) is 2.97. The maximum absolute atomic E-state index is 11.1. The van der Waals surface area contributed by atoms with Crippen molar-refractivity contribution in [3.05, 3.63) is 84.2 Å². The molecule has 0 spiro atoms. The summed E-state index contributed by atoms with van der Waals surface area (Å²) >= 11 is 0. The number of aromatic nitrogens is 4. The first-order valence-electron chi connectivity index (χ1n) is 7.91. The van der Waals surface area contributed by atoms with E-state index in [1.165, 1.54) is 0 Å². The molecule has 2 aromatic carbocycles. The number of hydrogen-bond donors (Lipinski definition) is 1. The Labute approximate surface area is 139 Å².